The summed E-state index contributed by atoms with van der Waals surface area (Å²) in [7, 11) is 2.07. The van der Waals surface area contributed by atoms with Crippen molar-refractivity contribution in [3.63, 3.8) is 0 Å². The highest BCUT2D eigenvalue weighted by molar-refractivity contribution is 5.45. The van der Waals surface area contributed by atoms with Gasteiger partial charge in [-0.1, -0.05) is 27.7 Å². The van der Waals surface area contributed by atoms with E-state index in [0.717, 1.165) is 23.5 Å². The molecule has 0 atom stereocenters. The van der Waals surface area contributed by atoms with E-state index in [0.29, 0.717) is 0 Å². The molecule has 0 amide bonds. The van der Waals surface area contributed by atoms with Gasteiger partial charge in [0.25, 0.3) is 0 Å². The van der Waals surface area contributed by atoms with Crippen LogP contribution in [0, 0.1) is 0 Å². The maximum Gasteiger partial charge on any atom is 0.129 e. The molecule has 3 heteroatoms. The zero-order valence-electron chi connectivity index (χ0n) is 13.4. The lowest BCUT2D eigenvalue weighted by atomic mass is 9.90. The van der Waals surface area contributed by atoms with E-state index in [1.807, 2.05) is 12.1 Å². The topological polar surface area (TPSA) is 36.4 Å². The quantitative estimate of drug-likeness (QED) is 0.904. The van der Waals surface area contributed by atoms with Gasteiger partial charge in [0, 0.05) is 23.7 Å². The number of hydrogen-bond acceptors (Lipinski definition) is 3. The van der Waals surface area contributed by atoms with Crippen molar-refractivity contribution in [1.82, 2.24) is 4.98 Å². The number of nitrogens with zero attached hydrogens (tertiary/aromatic N) is 2. The van der Waals surface area contributed by atoms with Crippen LogP contribution in [-0.2, 0) is 12.0 Å². The van der Waals surface area contributed by atoms with Crippen molar-refractivity contribution >= 4 is 5.82 Å². The average Bonchev–Trinajstić information content (AvgIpc) is 2.36. The predicted molar refractivity (Wildman–Crippen MR) is 81.6 cm³/mol. The van der Waals surface area contributed by atoms with E-state index in [2.05, 4.69) is 53.5 Å². The summed E-state index contributed by atoms with van der Waals surface area (Å²) in [5, 5.41) is 9.45. The van der Waals surface area contributed by atoms with Gasteiger partial charge >= 0.3 is 0 Å². The Morgan fingerprint density at radius 1 is 1.16 bits per heavy atom. The van der Waals surface area contributed by atoms with E-state index >= 15 is 0 Å². The lowest BCUT2D eigenvalue weighted by Gasteiger charge is -2.36. The van der Waals surface area contributed by atoms with Crippen LogP contribution >= 0.6 is 0 Å². The van der Waals surface area contributed by atoms with Crippen LogP contribution < -0.4 is 4.90 Å². The maximum atomic E-state index is 9.45. The Labute approximate surface area is 117 Å². The number of pyridine rings is 1. The van der Waals surface area contributed by atoms with Crippen molar-refractivity contribution in [1.29, 1.82) is 0 Å². The summed E-state index contributed by atoms with van der Waals surface area (Å²) < 4.78 is 0. The van der Waals surface area contributed by atoms with Crippen LogP contribution in [0.2, 0.25) is 0 Å². The van der Waals surface area contributed by atoms with Gasteiger partial charge in [0.2, 0.25) is 0 Å². The van der Waals surface area contributed by atoms with Gasteiger partial charge in [0.15, 0.2) is 0 Å². The minimum atomic E-state index is -0.0167. The Balaban J connectivity index is 3.28. The lowest BCUT2D eigenvalue weighted by Crippen LogP contribution is -2.41. The number of aliphatic hydroxyl groups is 1. The van der Waals surface area contributed by atoms with Gasteiger partial charge in [-0.2, -0.15) is 0 Å². The zero-order valence-corrected chi connectivity index (χ0v) is 13.4. The van der Waals surface area contributed by atoms with Crippen molar-refractivity contribution in [2.75, 3.05) is 11.9 Å². The van der Waals surface area contributed by atoms with Gasteiger partial charge in [-0.05, 0) is 38.0 Å². The summed E-state index contributed by atoms with van der Waals surface area (Å²) in [6, 6.07) is 3.98. The summed E-state index contributed by atoms with van der Waals surface area (Å²) >= 11 is 0. The number of anilines is 1. The first-order valence-electron chi connectivity index (χ1n) is 6.98. The molecule has 0 saturated heterocycles. The first-order chi connectivity index (χ1) is 8.61. The Morgan fingerprint density at radius 3 is 2.16 bits per heavy atom. The molecule has 108 valence electrons. The molecule has 1 rings (SSSR count). The molecule has 0 radical (unpaired) electrons. The molecule has 3 nitrogen and oxygen atoms in total. The highest BCUT2D eigenvalue weighted by Gasteiger charge is 2.24. The highest BCUT2D eigenvalue weighted by atomic mass is 16.3. The first kappa shape index (κ1) is 16.0. The fourth-order valence-electron chi connectivity index (χ4n) is 1.77. The number of rotatable bonds is 4. The maximum absolute atomic E-state index is 9.45. The molecule has 0 unspecified atom stereocenters. The van der Waals surface area contributed by atoms with Crippen molar-refractivity contribution < 1.29 is 5.11 Å². The molecule has 0 fully saturated rings. The highest BCUT2D eigenvalue weighted by Crippen LogP contribution is 2.28. The fraction of sp³-hybridized carbons (Fsp3) is 0.688. The van der Waals surface area contributed by atoms with Gasteiger partial charge in [-0.3, -0.25) is 0 Å². The van der Waals surface area contributed by atoms with E-state index in [1.165, 1.54) is 0 Å². The van der Waals surface area contributed by atoms with E-state index in [-0.39, 0.29) is 17.6 Å². The minimum absolute atomic E-state index is 0.0167. The smallest absolute Gasteiger partial charge is 0.129 e. The van der Waals surface area contributed by atoms with Gasteiger partial charge in [0.05, 0.1) is 6.61 Å². The SMILES string of the molecule is CCC(C)(C)N(C)c1cc(CO)cc(C(C)(C)C)n1. The van der Waals surface area contributed by atoms with Gasteiger partial charge in [0.1, 0.15) is 5.82 Å². The normalized spacial score (nSPS) is 12.6. The van der Waals surface area contributed by atoms with Crippen molar-refractivity contribution in [2.45, 2.75) is 65.5 Å². The third-order valence-electron chi connectivity index (χ3n) is 3.94. The lowest BCUT2D eigenvalue weighted by molar-refractivity contribution is 0.281. The minimum Gasteiger partial charge on any atom is -0.392 e. The summed E-state index contributed by atoms with van der Waals surface area (Å²) in [5.74, 6) is 0.934. The molecule has 0 aliphatic heterocycles. The Kier molecular flexibility index (Phi) is 4.62. The van der Waals surface area contributed by atoms with Crippen LogP contribution in [0.15, 0.2) is 12.1 Å². The number of aromatic nitrogens is 1. The molecule has 0 aliphatic rings. The Bertz CT molecular complexity index is 433. The third-order valence-corrected chi connectivity index (χ3v) is 3.94. The molecule has 0 spiro atoms. The molecule has 19 heavy (non-hydrogen) atoms. The van der Waals surface area contributed by atoms with Crippen LogP contribution in [0.5, 0.6) is 0 Å². The summed E-state index contributed by atoms with van der Waals surface area (Å²) in [6.07, 6.45) is 1.04. The molecule has 0 aromatic carbocycles. The molecule has 1 aromatic heterocycles. The van der Waals surface area contributed by atoms with Gasteiger partial charge in [-0.25, -0.2) is 4.98 Å². The van der Waals surface area contributed by atoms with Crippen LogP contribution in [-0.4, -0.2) is 22.7 Å². The van der Waals surface area contributed by atoms with Crippen LogP contribution in [0.4, 0.5) is 5.82 Å². The second-order valence-corrected chi connectivity index (χ2v) is 6.85. The average molecular weight is 264 g/mol. The molecular weight excluding hydrogens is 236 g/mol. The largest absolute Gasteiger partial charge is 0.392 e. The zero-order chi connectivity index (χ0) is 14.8. The summed E-state index contributed by atoms with van der Waals surface area (Å²) in [5.41, 5.74) is 1.98. The molecule has 0 aliphatic carbocycles. The van der Waals surface area contributed by atoms with Crippen LogP contribution in [0.3, 0.4) is 0 Å². The van der Waals surface area contributed by atoms with Crippen LogP contribution in [0.25, 0.3) is 0 Å². The van der Waals surface area contributed by atoms with E-state index < -0.39 is 0 Å². The molecular formula is C16H28N2O. The monoisotopic (exact) mass is 264 g/mol. The van der Waals surface area contributed by atoms with E-state index in [9.17, 15) is 5.11 Å². The summed E-state index contributed by atoms with van der Waals surface area (Å²) in [6.45, 7) is 13.1. The van der Waals surface area contributed by atoms with Gasteiger partial charge in [-0.15, -0.1) is 0 Å². The van der Waals surface area contributed by atoms with Crippen molar-refractivity contribution in [2.24, 2.45) is 0 Å². The second-order valence-electron chi connectivity index (χ2n) is 6.85. The molecule has 0 saturated carbocycles. The molecule has 1 heterocycles. The predicted octanol–water partition coefficient (Wildman–Crippen LogP) is 3.50. The Morgan fingerprint density at radius 2 is 1.74 bits per heavy atom. The third kappa shape index (κ3) is 3.69. The van der Waals surface area contributed by atoms with Crippen molar-refractivity contribution in [3.05, 3.63) is 23.4 Å². The fourth-order valence-corrected chi connectivity index (χ4v) is 1.77. The first-order valence-corrected chi connectivity index (χ1v) is 6.98. The summed E-state index contributed by atoms with van der Waals surface area (Å²) in [4.78, 5) is 6.98. The van der Waals surface area contributed by atoms with Gasteiger partial charge < -0.3 is 10.0 Å². The van der Waals surface area contributed by atoms with Crippen LogP contribution in [0.1, 0.15) is 59.2 Å². The molecule has 0 bridgehead atoms. The Hall–Kier alpha value is -1.09. The second kappa shape index (κ2) is 5.49. The van der Waals surface area contributed by atoms with Crippen molar-refractivity contribution in [3.8, 4) is 0 Å². The van der Waals surface area contributed by atoms with E-state index in [4.69, 9.17) is 4.98 Å². The standard InChI is InChI=1S/C16H28N2O/c1-8-16(5,6)18(7)14-10-12(11-19)9-13(17-14)15(2,3)4/h9-10,19H,8,11H2,1-7H3. The molecule has 1 N–H and O–H groups in total. The van der Waals surface area contributed by atoms with E-state index in [1.54, 1.807) is 0 Å². The number of aliphatic hydroxyl groups excluding tert-OH is 1. The number of hydrogen-bond donors (Lipinski definition) is 1. The molecule has 1 aromatic rings.